The van der Waals surface area contributed by atoms with Gasteiger partial charge in [-0.3, -0.25) is 4.52 Å². The second-order valence-corrected chi connectivity index (χ2v) is 10.6. The van der Waals surface area contributed by atoms with E-state index in [1.807, 2.05) is 105 Å². The Kier molecular flexibility index (Phi) is 11.1. The van der Waals surface area contributed by atoms with Gasteiger partial charge in [0, 0.05) is 5.56 Å². The Morgan fingerprint density at radius 3 is 1.82 bits per heavy atom. The van der Waals surface area contributed by atoms with Crippen molar-refractivity contribution in [2.45, 2.75) is 64.1 Å². The maximum Gasteiger partial charge on any atom is 0.335 e. The van der Waals surface area contributed by atoms with Crippen LogP contribution in [0, 0.1) is 0 Å². The minimum Gasteiger partial charge on any atom is -0.368 e. The average Bonchev–Trinajstić information content (AvgIpc) is 3.00. The first-order valence-electron chi connectivity index (χ1n) is 13.8. The lowest BCUT2D eigenvalue weighted by atomic mass is 9.97. The van der Waals surface area contributed by atoms with Gasteiger partial charge in [-0.05, 0) is 25.0 Å². The predicted molar refractivity (Wildman–Crippen MR) is 150 cm³/mol. The van der Waals surface area contributed by atoms with E-state index in [-0.39, 0.29) is 0 Å². The number of fused-ring (bicyclic) bond motifs is 1. The van der Waals surface area contributed by atoms with Crippen molar-refractivity contribution in [2.24, 2.45) is 0 Å². The maximum absolute atomic E-state index is 6.62. The summed E-state index contributed by atoms with van der Waals surface area (Å²) in [6.45, 7) is 5.71. The highest BCUT2D eigenvalue weighted by atomic mass is 31.2. The molecule has 3 aromatic carbocycles. The molecule has 0 aromatic heterocycles. The van der Waals surface area contributed by atoms with E-state index in [0.717, 1.165) is 16.7 Å². The van der Waals surface area contributed by atoms with Crippen LogP contribution in [0.5, 0.6) is 0 Å². The Bertz CT molecular complexity index is 1120. The predicted octanol–water partition coefficient (Wildman–Crippen LogP) is 6.31. The van der Waals surface area contributed by atoms with Gasteiger partial charge in [0.05, 0.1) is 33.0 Å². The van der Waals surface area contributed by atoms with Gasteiger partial charge < -0.3 is 32.7 Å². The van der Waals surface area contributed by atoms with Crippen LogP contribution in [0.1, 0.15) is 36.8 Å². The molecule has 2 aliphatic heterocycles. The fourth-order valence-electron chi connectivity index (χ4n) is 4.70. The highest BCUT2D eigenvalue weighted by Crippen LogP contribution is 2.45. The van der Waals surface area contributed by atoms with E-state index in [4.69, 9.17) is 37.3 Å². The lowest BCUT2D eigenvalue weighted by Gasteiger charge is -2.49. The van der Waals surface area contributed by atoms with Gasteiger partial charge in [0.25, 0.3) is 0 Å². The Morgan fingerprint density at radius 2 is 1.25 bits per heavy atom. The van der Waals surface area contributed by atoms with Gasteiger partial charge in [0.15, 0.2) is 12.6 Å². The second kappa shape index (κ2) is 15.1. The molecule has 0 unspecified atom stereocenters. The number of ether oxygens (including phenoxy) is 5. The van der Waals surface area contributed by atoms with Gasteiger partial charge in [-0.1, -0.05) is 91.0 Å². The summed E-state index contributed by atoms with van der Waals surface area (Å²) >= 11 is 0. The highest BCUT2D eigenvalue weighted by molar-refractivity contribution is 7.41. The molecule has 40 heavy (non-hydrogen) atoms. The van der Waals surface area contributed by atoms with Crippen molar-refractivity contribution in [3.05, 3.63) is 108 Å². The number of rotatable bonds is 13. The van der Waals surface area contributed by atoms with E-state index in [1.54, 1.807) is 0 Å². The third-order valence-corrected chi connectivity index (χ3v) is 7.90. The lowest BCUT2D eigenvalue weighted by Crippen LogP contribution is -2.63. The van der Waals surface area contributed by atoms with Crippen molar-refractivity contribution in [3.63, 3.8) is 0 Å². The van der Waals surface area contributed by atoms with Crippen LogP contribution in [0.25, 0.3) is 0 Å². The van der Waals surface area contributed by atoms with Gasteiger partial charge in [-0.15, -0.1) is 0 Å². The molecule has 0 N–H and O–H groups in total. The molecule has 0 radical (unpaired) electrons. The van der Waals surface area contributed by atoms with Gasteiger partial charge >= 0.3 is 8.60 Å². The summed E-state index contributed by atoms with van der Waals surface area (Å²) < 4.78 is 50.1. The van der Waals surface area contributed by atoms with Crippen LogP contribution in [0.2, 0.25) is 0 Å². The third-order valence-electron chi connectivity index (χ3n) is 6.59. The van der Waals surface area contributed by atoms with Gasteiger partial charge in [-0.2, -0.15) is 0 Å². The highest BCUT2D eigenvalue weighted by Gasteiger charge is 2.52. The maximum atomic E-state index is 6.62. The largest absolute Gasteiger partial charge is 0.368 e. The molecule has 2 aliphatic rings. The van der Waals surface area contributed by atoms with Crippen LogP contribution < -0.4 is 0 Å². The zero-order valence-corrected chi connectivity index (χ0v) is 23.8. The van der Waals surface area contributed by atoms with E-state index in [9.17, 15) is 0 Å². The van der Waals surface area contributed by atoms with Crippen molar-refractivity contribution in [3.8, 4) is 0 Å². The number of hydrogen-bond donors (Lipinski definition) is 0. The van der Waals surface area contributed by atoms with Gasteiger partial charge in [0.1, 0.15) is 24.4 Å². The smallest absolute Gasteiger partial charge is 0.335 e. The third kappa shape index (κ3) is 7.74. The molecule has 8 nitrogen and oxygen atoms in total. The SMILES string of the molecule is CCOP(OCC)O[C@H]1O[C@@H]2CO[C@@H](c3ccccc3)O[C@H]2[C@H](OCc2ccccc2)[C@@H]1OCc1ccccc1. The van der Waals surface area contributed by atoms with Crippen LogP contribution in [0.4, 0.5) is 0 Å². The Balaban J connectivity index is 1.43. The summed E-state index contributed by atoms with van der Waals surface area (Å²) in [6.07, 6.45) is -3.44. The summed E-state index contributed by atoms with van der Waals surface area (Å²) in [5.41, 5.74) is 3.00. The standard InChI is InChI=1S/C31H37O8P/c1-3-35-40(36-4-2)39-31-29(33-21-24-16-10-6-11-17-24)28(32-20-23-14-8-5-9-15-23)27-26(37-31)22-34-30(38-27)25-18-12-7-13-19-25/h5-19,26-31H,3-4,20-22H2,1-2H3/t26-,27-,28+,29+,30-,31-/m1/s1. The van der Waals surface area contributed by atoms with Crippen molar-refractivity contribution < 1.29 is 37.3 Å². The monoisotopic (exact) mass is 568 g/mol. The van der Waals surface area contributed by atoms with Crippen LogP contribution >= 0.6 is 8.60 Å². The summed E-state index contributed by atoms with van der Waals surface area (Å²) in [5, 5.41) is 0. The molecule has 9 heteroatoms. The Hall–Kier alpha value is -2.23. The van der Waals surface area contributed by atoms with Gasteiger partial charge in [-0.25, -0.2) is 0 Å². The molecule has 0 aliphatic carbocycles. The zero-order chi connectivity index (χ0) is 27.6. The molecule has 2 heterocycles. The molecule has 214 valence electrons. The van der Waals surface area contributed by atoms with E-state index >= 15 is 0 Å². The molecule has 2 saturated heterocycles. The van der Waals surface area contributed by atoms with Crippen molar-refractivity contribution in [2.75, 3.05) is 19.8 Å². The van der Waals surface area contributed by atoms with Gasteiger partial charge in [0.2, 0.25) is 0 Å². The van der Waals surface area contributed by atoms with Crippen LogP contribution in [0.3, 0.4) is 0 Å². The number of hydrogen-bond acceptors (Lipinski definition) is 8. The van der Waals surface area contributed by atoms with E-state index in [1.165, 1.54) is 0 Å². The van der Waals surface area contributed by atoms with Crippen molar-refractivity contribution >= 4 is 8.60 Å². The quantitative estimate of drug-likeness (QED) is 0.222. The molecule has 3 aromatic rings. The second-order valence-electron chi connectivity index (χ2n) is 9.41. The number of benzene rings is 3. The minimum atomic E-state index is -1.66. The molecule has 0 spiro atoms. The average molecular weight is 569 g/mol. The summed E-state index contributed by atoms with van der Waals surface area (Å²) in [5.74, 6) is 0. The lowest BCUT2D eigenvalue weighted by molar-refractivity contribution is -0.362. The fourth-order valence-corrected chi connectivity index (χ4v) is 5.66. The molecule has 5 rings (SSSR count). The molecular formula is C31H37O8P. The van der Waals surface area contributed by atoms with E-state index < -0.39 is 45.6 Å². The van der Waals surface area contributed by atoms with Crippen LogP contribution in [-0.4, -0.2) is 50.5 Å². The fraction of sp³-hybridized carbons (Fsp3) is 0.419. The summed E-state index contributed by atoms with van der Waals surface area (Å²) in [4.78, 5) is 0. The molecule has 2 fully saturated rings. The molecule has 0 amide bonds. The molecule has 0 bridgehead atoms. The summed E-state index contributed by atoms with van der Waals surface area (Å²) in [6, 6.07) is 29.9. The first-order valence-corrected chi connectivity index (χ1v) is 14.9. The Labute approximate surface area is 237 Å². The van der Waals surface area contributed by atoms with E-state index in [2.05, 4.69) is 0 Å². The first-order chi connectivity index (χ1) is 19.7. The molecular weight excluding hydrogens is 531 g/mol. The zero-order valence-electron chi connectivity index (χ0n) is 22.9. The van der Waals surface area contributed by atoms with Crippen molar-refractivity contribution in [1.29, 1.82) is 0 Å². The van der Waals surface area contributed by atoms with E-state index in [0.29, 0.717) is 33.0 Å². The van der Waals surface area contributed by atoms with Crippen LogP contribution in [0.15, 0.2) is 91.0 Å². The van der Waals surface area contributed by atoms with Crippen molar-refractivity contribution in [1.82, 2.24) is 0 Å². The van der Waals surface area contributed by atoms with Crippen LogP contribution in [-0.2, 0) is 50.5 Å². The molecule has 0 saturated carbocycles. The molecule has 6 atom stereocenters. The first kappa shape index (κ1) is 29.3. The normalized spacial score (nSPS) is 26.5. The Morgan fingerprint density at radius 1 is 0.700 bits per heavy atom. The minimum absolute atomic E-state index is 0.307. The topological polar surface area (TPSA) is 73.8 Å². The summed E-state index contributed by atoms with van der Waals surface area (Å²) in [7, 11) is -1.66.